The predicted octanol–water partition coefficient (Wildman–Crippen LogP) is 1.54. The molecule has 0 aliphatic carbocycles. The van der Waals surface area contributed by atoms with Gasteiger partial charge in [-0.2, -0.15) is 0 Å². The number of nitrogens with zero attached hydrogens (tertiary/aromatic N) is 1. The van der Waals surface area contributed by atoms with Gasteiger partial charge in [-0.1, -0.05) is 20.8 Å². The summed E-state index contributed by atoms with van der Waals surface area (Å²) in [7, 11) is -1.90. The van der Waals surface area contributed by atoms with E-state index >= 15 is 0 Å². The van der Waals surface area contributed by atoms with E-state index in [0.29, 0.717) is 26.1 Å². The van der Waals surface area contributed by atoms with E-state index in [1.807, 2.05) is 0 Å². The molecule has 25 heavy (non-hydrogen) atoms. The van der Waals surface area contributed by atoms with Gasteiger partial charge in [-0.3, -0.25) is 14.4 Å². The largest absolute Gasteiger partial charge is 0.481 e. The highest BCUT2D eigenvalue weighted by molar-refractivity contribution is 8.00. The van der Waals surface area contributed by atoms with Crippen LogP contribution in [0, 0.1) is 0 Å². The van der Waals surface area contributed by atoms with Crippen LogP contribution in [-0.2, 0) is 18.8 Å². The first-order valence-corrected chi connectivity index (χ1v) is 12.5. The molecule has 0 aromatic rings. The Morgan fingerprint density at radius 2 is 2.00 bits per heavy atom. The summed E-state index contributed by atoms with van der Waals surface area (Å²) in [5.41, 5.74) is 0. The average molecular weight is 391 g/mol. The number of carbonyl (C=O) groups excluding carboxylic acids is 2. The maximum absolute atomic E-state index is 12.1. The van der Waals surface area contributed by atoms with Gasteiger partial charge in [-0.15, -0.1) is 11.8 Å². The topological polar surface area (TPSA) is 95.9 Å². The zero-order valence-corrected chi connectivity index (χ0v) is 17.6. The molecule has 144 valence electrons. The number of carbonyl (C=O) groups is 3. The Morgan fingerprint density at radius 3 is 2.56 bits per heavy atom. The van der Waals surface area contributed by atoms with Gasteiger partial charge in [0.05, 0.1) is 24.0 Å². The van der Waals surface area contributed by atoms with Gasteiger partial charge in [-0.05, 0) is 18.1 Å². The Hall–Kier alpha value is -1.06. The molecular formula is C16H30N2O5SSi. The third-order valence-electron chi connectivity index (χ3n) is 4.61. The van der Waals surface area contributed by atoms with Crippen molar-refractivity contribution >= 4 is 37.9 Å². The fourth-order valence-corrected chi connectivity index (χ4v) is 4.15. The smallest absolute Gasteiger partial charge is 0.313 e. The van der Waals surface area contributed by atoms with Crippen LogP contribution in [0.25, 0.3) is 0 Å². The normalized spacial score (nSPS) is 18.5. The zero-order valence-electron chi connectivity index (χ0n) is 15.8. The van der Waals surface area contributed by atoms with Crippen molar-refractivity contribution in [1.82, 2.24) is 10.2 Å². The van der Waals surface area contributed by atoms with Crippen LogP contribution in [0.15, 0.2) is 0 Å². The Morgan fingerprint density at radius 1 is 1.36 bits per heavy atom. The summed E-state index contributed by atoms with van der Waals surface area (Å²) in [6.45, 7) is 12.2. The summed E-state index contributed by atoms with van der Waals surface area (Å²) in [6.07, 6.45) is 0.324. The molecule has 7 nitrogen and oxygen atoms in total. The molecule has 1 saturated heterocycles. The second-order valence-electron chi connectivity index (χ2n) is 7.78. The highest BCUT2D eigenvalue weighted by atomic mass is 32.2. The highest BCUT2D eigenvalue weighted by Gasteiger charge is 2.42. The van der Waals surface area contributed by atoms with Crippen molar-refractivity contribution in [3.05, 3.63) is 0 Å². The molecule has 1 rings (SSSR count). The molecule has 2 amide bonds. The Kier molecular flexibility index (Phi) is 7.95. The lowest BCUT2D eigenvalue weighted by atomic mass is 10.2. The average Bonchev–Trinajstić information content (AvgIpc) is 2.76. The molecular weight excluding hydrogens is 360 g/mol. The van der Waals surface area contributed by atoms with Crippen molar-refractivity contribution in [3.63, 3.8) is 0 Å². The quantitative estimate of drug-likeness (QED) is 0.580. The van der Waals surface area contributed by atoms with Gasteiger partial charge in [0.15, 0.2) is 8.32 Å². The standard InChI is InChI=1S/C16H30N2O5SSi/c1-16(2,3)25(4,5)23-12-8-14(20)18(9-12)7-6-17-13(19)10-24-11-15(21)22/h12H,6-11H2,1-5H3,(H,17,19)(H,21,22). The molecule has 0 radical (unpaired) electrons. The summed E-state index contributed by atoms with van der Waals surface area (Å²) < 4.78 is 6.30. The number of carboxylic acids is 1. The summed E-state index contributed by atoms with van der Waals surface area (Å²) in [5.74, 6) is -1.08. The maximum atomic E-state index is 12.1. The lowest BCUT2D eigenvalue weighted by Gasteiger charge is -2.38. The van der Waals surface area contributed by atoms with Gasteiger partial charge < -0.3 is 19.7 Å². The van der Waals surface area contributed by atoms with Crippen LogP contribution >= 0.6 is 11.8 Å². The minimum absolute atomic E-state index is 0.0539. The number of hydrogen-bond acceptors (Lipinski definition) is 5. The van der Waals surface area contributed by atoms with E-state index in [2.05, 4.69) is 39.2 Å². The second kappa shape index (κ2) is 9.04. The number of carboxylic acid groups (broad SMARTS) is 1. The van der Waals surface area contributed by atoms with E-state index < -0.39 is 14.3 Å². The van der Waals surface area contributed by atoms with E-state index in [9.17, 15) is 14.4 Å². The predicted molar refractivity (Wildman–Crippen MR) is 101 cm³/mol. The molecule has 1 atom stereocenters. The van der Waals surface area contributed by atoms with E-state index in [1.54, 1.807) is 4.90 Å². The monoisotopic (exact) mass is 390 g/mol. The van der Waals surface area contributed by atoms with Crippen molar-refractivity contribution in [1.29, 1.82) is 0 Å². The SMILES string of the molecule is CC(C)(C)[Si](C)(C)OC1CC(=O)N(CCNC(=O)CSCC(=O)O)C1. The van der Waals surface area contributed by atoms with Crippen molar-refractivity contribution in [2.24, 2.45) is 0 Å². The molecule has 1 heterocycles. The van der Waals surface area contributed by atoms with Crippen LogP contribution in [-0.4, -0.2) is 73.4 Å². The van der Waals surface area contributed by atoms with Gasteiger partial charge in [0, 0.05) is 19.6 Å². The van der Waals surface area contributed by atoms with E-state index in [-0.39, 0.29) is 34.5 Å². The minimum Gasteiger partial charge on any atom is -0.481 e. The lowest BCUT2D eigenvalue weighted by molar-refractivity contribution is -0.134. The number of hydrogen-bond donors (Lipinski definition) is 2. The van der Waals surface area contributed by atoms with E-state index in [1.165, 1.54) is 0 Å². The number of amides is 2. The fourth-order valence-electron chi connectivity index (χ4n) is 2.24. The first kappa shape index (κ1) is 22.0. The van der Waals surface area contributed by atoms with Crippen LogP contribution < -0.4 is 5.32 Å². The number of likely N-dealkylation sites (tertiary alicyclic amines) is 1. The van der Waals surface area contributed by atoms with Crippen LogP contribution in [0.5, 0.6) is 0 Å². The van der Waals surface area contributed by atoms with Gasteiger partial charge in [0.25, 0.3) is 0 Å². The van der Waals surface area contributed by atoms with Crippen LogP contribution in [0.4, 0.5) is 0 Å². The molecule has 2 N–H and O–H groups in total. The van der Waals surface area contributed by atoms with Crippen LogP contribution in [0.3, 0.4) is 0 Å². The molecule has 1 aliphatic heterocycles. The Labute approximate surface area is 155 Å². The molecule has 1 unspecified atom stereocenters. The van der Waals surface area contributed by atoms with Gasteiger partial charge in [0.1, 0.15) is 0 Å². The second-order valence-corrected chi connectivity index (χ2v) is 13.5. The third kappa shape index (κ3) is 7.37. The molecule has 1 fully saturated rings. The fraction of sp³-hybridized carbons (Fsp3) is 0.812. The first-order chi connectivity index (χ1) is 11.4. The van der Waals surface area contributed by atoms with Crippen molar-refractivity contribution in [2.45, 2.75) is 51.4 Å². The van der Waals surface area contributed by atoms with Crippen molar-refractivity contribution in [3.8, 4) is 0 Å². The lowest BCUT2D eigenvalue weighted by Crippen LogP contribution is -2.44. The molecule has 0 aromatic carbocycles. The molecule has 0 bridgehead atoms. The van der Waals surface area contributed by atoms with E-state index in [4.69, 9.17) is 9.53 Å². The molecule has 0 aromatic heterocycles. The van der Waals surface area contributed by atoms with Gasteiger partial charge in [0.2, 0.25) is 11.8 Å². The molecule has 0 saturated carbocycles. The minimum atomic E-state index is -1.90. The molecule has 0 spiro atoms. The van der Waals surface area contributed by atoms with Crippen molar-refractivity contribution in [2.75, 3.05) is 31.1 Å². The highest BCUT2D eigenvalue weighted by Crippen LogP contribution is 2.38. The van der Waals surface area contributed by atoms with Gasteiger partial charge in [-0.25, -0.2) is 0 Å². The zero-order chi connectivity index (χ0) is 19.3. The van der Waals surface area contributed by atoms with E-state index in [0.717, 1.165) is 11.8 Å². The molecule has 9 heteroatoms. The van der Waals surface area contributed by atoms with Gasteiger partial charge >= 0.3 is 5.97 Å². The number of aliphatic carboxylic acids is 1. The number of thioether (sulfide) groups is 1. The first-order valence-electron chi connectivity index (χ1n) is 8.44. The Balaban J connectivity index is 2.33. The number of rotatable bonds is 9. The third-order valence-corrected chi connectivity index (χ3v) is 10.1. The summed E-state index contributed by atoms with van der Waals surface area (Å²) in [6, 6.07) is 0. The summed E-state index contributed by atoms with van der Waals surface area (Å²) in [5, 5.41) is 11.3. The molecule has 1 aliphatic rings. The maximum Gasteiger partial charge on any atom is 0.313 e. The Bertz CT molecular complexity index is 507. The van der Waals surface area contributed by atoms with Crippen LogP contribution in [0.2, 0.25) is 18.1 Å². The summed E-state index contributed by atoms with van der Waals surface area (Å²) >= 11 is 1.05. The summed E-state index contributed by atoms with van der Waals surface area (Å²) in [4.78, 5) is 35.8. The number of nitrogens with one attached hydrogen (secondary N) is 1. The van der Waals surface area contributed by atoms with Crippen LogP contribution in [0.1, 0.15) is 27.2 Å². The van der Waals surface area contributed by atoms with Crippen molar-refractivity contribution < 1.29 is 23.9 Å².